The number of rotatable bonds is 7. The second-order valence-corrected chi connectivity index (χ2v) is 11.8. The van der Waals surface area contributed by atoms with E-state index in [1.807, 2.05) is 0 Å². The predicted molar refractivity (Wildman–Crippen MR) is 131 cm³/mol. The fourth-order valence-electron chi connectivity index (χ4n) is 4.75. The topological polar surface area (TPSA) is 109 Å². The monoisotopic (exact) mass is 518 g/mol. The number of amides is 2. The fourth-order valence-corrected chi connectivity index (χ4v) is 6.39. The molecule has 5 rings (SSSR count). The van der Waals surface area contributed by atoms with Crippen molar-refractivity contribution in [2.24, 2.45) is 0 Å². The van der Waals surface area contributed by atoms with Gasteiger partial charge in [-0.15, -0.1) is 0 Å². The largest absolute Gasteiger partial charge is 0.348 e. The number of benzene rings is 1. The first kappa shape index (κ1) is 24.0. The van der Waals surface area contributed by atoms with E-state index >= 15 is 0 Å². The molecule has 3 aliphatic rings. The van der Waals surface area contributed by atoms with E-state index in [1.165, 1.54) is 8.87 Å². The van der Waals surface area contributed by atoms with Crippen molar-refractivity contribution in [3.05, 3.63) is 68.1 Å². The number of sulfonamides is 1. The summed E-state index contributed by atoms with van der Waals surface area (Å²) in [5, 5.41) is 3.39. The quantitative estimate of drug-likeness (QED) is 0.601. The number of aromatic nitrogens is 1. The zero-order valence-corrected chi connectivity index (χ0v) is 20.8. The summed E-state index contributed by atoms with van der Waals surface area (Å²) >= 11 is 5.91. The molecule has 35 heavy (non-hydrogen) atoms. The average Bonchev–Trinajstić information content (AvgIpc) is 3.62. The van der Waals surface area contributed by atoms with Crippen LogP contribution in [0.5, 0.6) is 0 Å². The summed E-state index contributed by atoms with van der Waals surface area (Å²) in [5.74, 6) is -0.466. The molecule has 2 aromatic rings. The Morgan fingerprint density at radius 3 is 2.46 bits per heavy atom. The van der Waals surface area contributed by atoms with Crippen LogP contribution in [-0.4, -0.2) is 65.9 Å². The van der Waals surface area contributed by atoms with E-state index in [-0.39, 0.29) is 49.3 Å². The standard InChI is InChI=1S/C24H27ClN4O5S/c25-18-6-2-16(3-7-18)15-26-22(30)20-14-19(17-4-5-17)21-24(32)27(10-12-29(21)23(20)31)9-11-28-8-1-13-35(28,33)34/h2-3,6-7,14,17H,1,4-5,8-13,15H2,(H,26,30). The van der Waals surface area contributed by atoms with E-state index in [0.29, 0.717) is 30.2 Å². The number of hydrogen-bond donors (Lipinski definition) is 1. The molecule has 2 amide bonds. The van der Waals surface area contributed by atoms with Crippen molar-refractivity contribution in [3.63, 3.8) is 0 Å². The van der Waals surface area contributed by atoms with Crippen LogP contribution in [0.15, 0.2) is 35.1 Å². The molecule has 1 N–H and O–H groups in total. The van der Waals surface area contributed by atoms with Gasteiger partial charge in [-0.1, -0.05) is 23.7 Å². The Morgan fingerprint density at radius 1 is 1.06 bits per heavy atom. The van der Waals surface area contributed by atoms with Crippen molar-refractivity contribution >= 4 is 33.4 Å². The molecule has 0 atom stereocenters. The third-order valence-electron chi connectivity index (χ3n) is 6.85. The molecule has 0 unspecified atom stereocenters. The van der Waals surface area contributed by atoms with E-state index < -0.39 is 21.5 Å². The highest BCUT2D eigenvalue weighted by molar-refractivity contribution is 7.89. The van der Waals surface area contributed by atoms with Crippen molar-refractivity contribution in [3.8, 4) is 0 Å². The minimum Gasteiger partial charge on any atom is -0.348 e. The molecule has 2 fully saturated rings. The average molecular weight is 519 g/mol. The highest BCUT2D eigenvalue weighted by Crippen LogP contribution is 2.42. The van der Waals surface area contributed by atoms with Crippen LogP contribution in [0, 0.1) is 0 Å². The zero-order chi connectivity index (χ0) is 24.7. The highest BCUT2D eigenvalue weighted by Gasteiger charge is 2.37. The maximum atomic E-state index is 13.4. The molecule has 1 aromatic carbocycles. The lowest BCUT2D eigenvalue weighted by atomic mass is 10.0. The van der Waals surface area contributed by atoms with Gasteiger partial charge in [0.15, 0.2) is 0 Å². The van der Waals surface area contributed by atoms with Crippen LogP contribution in [-0.2, 0) is 23.1 Å². The second kappa shape index (κ2) is 9.40. The number of fused-ring (bicyclic) bond motifs is 1. The zero-order valence-electron chi connectivity index (χ0n) is 19.2. The van der Waals surface area contributed by atoms with Crippen LogP contribution in [0.25, 0.3) is 0 Å². The van der Waals surface area contributed by atoms with Crippen LogP contribution >= 0.6 is 11.6 Å². The smallest absolute Gasteiger partial charge is 0.270 e. The molecule has 1 aromatic heterocycles. The Balaban J connectivity index is 1.37. The summed E-state index contributed by atoms with van der Waals surface area (Å²) in [4.78, 5) is 41.2. The van der Waals surface area contributed by atoms with Gasteiger partial charge in [-0.05, 0) is 54.5 Å². The lowest BCUT2D eigenvalue weighted by Gasteiger charge is -2.32. The summed E-state index contributed by atoms with van der Waals surface area (Å²) in [7, 11) is -3.24. The minimum absolute atomic E-state index is 0.0361. The number of halogens is 1. The van der Waals surface area contributed by atoms with E-state index in [1.54, 1.807) is 35.2 Å². The maximum Gasteiger partial charge on any atom is 0.270 e. The minimum atomic E-state index is -3.24. The Hall–Kier alpha value is -2.69. The summed E-state index contributed by atoms with van der Waals surface area (Å²) in [6.07, 6.45) is 2.40. The lowest BCUT2D eigenvalue weighted by Crippen LogP contribution is -2.49. The Kier molecular flexibility index (Phi) is 6.45. The number of pyridine rings is 1. The molecule has 1 aliphatic carbocycles. The van der Waals surface area contributed by atoms with Crippen LogP contribution in [0.4, 0.5) is 0 Å². The summed E-state index contributed by atoms with van der Waals surface area (Å²) in [6, 6.07) is 8.66. The second-order valence-electron chi connectivity index (χ2n) is 9.26. The Bertz CT molecular complexity index is 1330. The first-order valence-electron chi connectivity index (χ1n) is 11.8. The molecule has 11 heteroatoms. The van der Waals surface area contributed by atoms with E-state index in [2.05, 4.69) is 5.32 Å². The third-order valence-corrected chi connectivity index (χ3v) is 9.06. The number of carbonyl (C=O) groups is 2. The van der Waals surface area contributed by atoms with E-state index in [9.17, 15) is 22.8 Å². The SMILES string of the molecule is O=C(NCc1ccc(Cl)cc1)c1cc(C2CC2)c2n(c1=O)CCN(CCN1CCCS1(=O)=O)C2=O. The van der Waals surface area contributed by atoms with Crippen molar-refractivity contribution in [2.75, 3.05) is 31.9 Å². The summed E-state index contributed by atoms with van der Waals surface area (Å²) in [5.41, 5.74) is 1.48. The summed E-state index contributed by atoms with van der Waals surface area (Å²) in [6.45, 7) is 1.82. The van der Waals surface area contributed by atoms with Crippen LogP contribution in [0.3, 0.4) is 0 Å². The van der Waals surface area contributed by atoms with Gasteiger partial charge in [-0.25, -0.2) is 12.7 Å². The van der Waals surface area contributed by atoms with Gasteiger partial charge < -0.3 is 14.8 Å². The number of nitrogens with zero attached hydrogens (tertiary/aromatic N) is 3. The normalized spacial score (nSPS) is 19.6. The van der Waals surface area contributed by atoms with Gasteiger partial charge in [0.05, 0.1) is 5.75 Å². The number of hydrogen-bond acceptors (Lipinski definition) is 5. The van der Waals surface area contributed by atoms with Gasteiger partial charge in [0, 0.05) is 44.3 Å². The number of nitrogens with one attached hydrogen (secondary N) is 1. The van der Waals surface area contributed by atoms with Gasteiger partial charge in [-0.3, -0.25) is 14.4 Å². The Morgan fingerprint density at radius 2 is 1.80 bits per heavy atom. The van der Waals surface area contributed by atoms with Gasteiger partial charge in [0.1, 0.15) is 11.3 Å². The predicted octanol–water partition coefficient (Wildman–Crippen LogP) is 1.80. The summed E-state index contributed by atoms with van der Waals surface area (Å²) < 4.78 is 27.1. The first-order valence-corrected chi connectivity index (χ1v) is 13.8. The Labute approximate surface area is 208 Å². The highest BCUT2D eigenvalue weighted by atomic mass is 35.5. The van der Waals surface area contributed by atoms with Gasteiger partial charge in [-0.2, -0.15) is 0 Å². The van der Waals surface area contributed by atoms with Crippen molar-refractivity contribution in [1.82, 2.24) is 19.1 Å². The molecule has 0 spiro atoms. The van der Waals surface area contributed by atoms with Gasteiger partial charge in [0.25, 0.3) is 17.4 Å². The van der Waals surface area contributed by atoms with Crippen molar-refractivity contribution < 1.29 is 18.0 Å². The van der Waals surface area contributed by atoms with Crippen LogP contribution < -0.4 is 10.9 Å². The molecule has 0 radical (unpaired) electrons. The first-order chi connectivity index (χ1) is 16.7. The molecule has 3 heterocycles. The van der Waals surface area contributed by atoms with Crippen molar-refractivity contribution in [2.45, 2.75) is 38.3 Å². The third kappa shape index (κ3) is 4.87. The molecular weight excluding hydrogens is 492 g/mol. The molecule has 2 aliphatic heterocycles. The molecule has 0 bridgehead atoms. The van der Waals surface area contributed by atoms with E-state index in [4.69, 9.17) is 11.6 Å². The molecule has 9 nitrogen and oxygen atoms in total. The molecule has 186 valence electrons. The van der Waals surface area contributed by atoms with Crippen LogP contribution in [0.2, 0.25) is 5.02 Å². The molecular formula is C24H27ClN4O5S. The van der Waals surface area contributed by atoms with Gasteiger partial charge in [0.2, 0.25) is 10.0 Å². The molecule has 1 saturated carbocycles. The molecule has 1 saturated heterocycles. The number of carbonyl (C=O) groups excluding carboxylic acids is 2. The fraction of sp³-hybridized carbons (Fsp3) is 0.458. The lowest BCUT2D eigenvalue weighted by molar-refractivity contribution is 0.0689. The van der Waals surface area contributed by atoms with Crippen molar-refractivity contribution in [1.29, 1.82) is 0 Å². The van der Waals surface area contributed by atoms with E-state index in [0.717, 1.165) is 24.0 Å². The van der Waals surface area contributed by atoms with Gasteiger partial charge >= 0.3 is 0 Å². The maximum absolute atomic E-state index is 13.4. The van der Waals surface area contributed by atoms with Crippen LogP contribution in [0.1, 0.15) is 57.2 Å².